The fourth-order valence-corrected chi connectivity index (χ4v) is 2.88. The highest BCUT2D eigenvalue weighted by molar-refractivity contribution is 5.46. The number of anilines is 1. The van der Waals surface area contributed by atoms with Crippen molar-refractivity contribution in [2.24, 2.45) is 0 Å². The Morgan fingerprint density at radius 3 is 3.00 bits per heavy atom. The SMILES string of the molecule is C=C(CCCCc1ccc2c(n1)NCCC2)CCCOCC. The van der Waals surface area contributed by atoms with Crippen molar-refractivity contribution >= 4 is 5.82 Å². The quantitative estimate of drug-likeness (QED) is 0.509. The molecule has 0 radical (unpaired) electrons. The smallest absolute Gasteiger partial charge is 0.129 e. The molecule has 2 rings (SSSR count). The zero-order chi connectivity index (χ0) is 15.6. The van der Waals surface area contributed by atoms with Gasteiger partial charge in [-0.2, -0.15) is 0 Å². The van der Waals surface area contributed by atoms with Crippen molar-refractivity contribution in [3.05, 3.63) is 35.5 Å². The molecule has 22 heavy (non-hydrogen) atoms. The first kappa shape index (κ1) is 17.0. The van der Waals surface area contributed by atoms with Crippen LogP contribution < -0.4 is 5.32 Å². The largest absolute Gasteiger partial charge is 0.382 e. The van der Waals surface area contributed by atoms with Gasteiger partial charge in [0.05, 0.1) is 0 Å². The molecule has 1 aliphatic rings. The van der Waals surface area contributed by atoms with Gasteiger partial charge in [0, 0.05) is 25.5 Å². The van der Waals surface area contributed by atoms with Crippen molar-refractivity contribution in [1.29, 1.82) is 0 Å². The van der Waals surface area contributed by atoms with Crippen molar-refractivity contribution in [2.45, 2.75) is 58.3 Å². The monoisotopic (exact) mass is 302 g/mol. The van der Waals surface area contributed by atoms with Crippen LogP contribution in [0.25, 0.3) is 0 Å². The summed E-state index contributed by atoms with van der Waals surface area (Å²) in [6.45, 7) is 8.95. The van der Waals surface area contributed by atoms with E-state index in [0.717, 1.165) is 57.7 Å². The summed E-state index contributed by atoms with van der Waals surface area (Å²) in [4.78, 5) is 4.75. The molecule has 1 N–H and O–H groups in total. The van der Waals surface area contributed by atoms with Gasteiger partial charge in [0.1, 0.15) is 5.82 Å². The van der Waals surface area contributed by atoms with Crippen LogP contribution in [-0.4, -0.2) is 24.7 Å². The Balaban J connectivity index is 1.61. The molecule has 0 bridgehead atoms. The number of rotatable bonds is 10. The maximum Gasteiger partial charge on any atom is 0.129 e. The van der Waals surface area contributed by atoms with Gasteiger partial charge in [0.2, 0.25) is 0 Å². The lowest BCUT2D eigenvalue weighted by atomic mass is 10.0. The van der Waals surface area contributed by atoms with E-state index >= 15 is 0 Å². The third-order valence-corrected chi connectivity index (χ3v) is 4.19. The van der Waals surface area contributed by atoms with E-state index in [9.17, 15) is 0 Å². The predicted octanol–water partition coefficient (Wildman–Crippen LogP) is 4.53. The zero-order valence-corrected chi connectivity index (χ0v) is 14.0. The minimum atomic E-state index is 0.815. The van der Waals surface area contributed by atoms with E-state index in [1.165, 1.54) is 36.1 Å². The van der Waals surface area contributed by atoms with Crippen LogP contribution >= 0.6 is 0 Å². The average molecular weight is 302 g/mol. The molecule has 1 aromatic heterocycles. The number of hydrogen-bond acceptors (Lipinski definition) is 3. The Hall–Kier alpha value is -1.35. The maximum atomic E-state index is 5.36. The second-order valence-corrected chi connectivity index (χ2v) is 6.10. The molecule has 0 amide bonds. The van der Waals surface area contributed by atoms with Gasteiger partial charge < -0.3 is 10.1 Å². The minimum absolute atomic E-state index is 0.815. The van der Waals surface area contributed by atoms with Crippen LogP contribution in [0.2, 0.25) is 0 Å². The summed E-state index contributed by atoms with van der Waals surface area (Å²) in [6, 6.07) is 4.44. The molecule has 0 aliphatic carbocycles. The summed E-state index contributed by atoms with van der Waals surface area (Å²) >= 11 is 0. The van der Waals surface area contributed by atoms with E-state index in [2.05, 4.69) is 24.0 Å². The number of unbranched alkanes of at least 4 members (excludes halogenated alkanes) is 1. The van der Waals surface area contributed by atoms with Gasteiger partial charge in [-0.1, -0.05) is 18.2 Å². The highest BCUT2D eigenvalue weighted by Gasteiger charge is 2.09. The number of aryl methyl sites for hydroxylation is 2. The number of pyridine rings is 1. The van der Waals surface area contributed by atoms with Gasteiger partial charge >= 0.3 is 0 Å². The molecule has 0 aromatic carbocycles. The summed E-state index contributed by atoms with van der Waals surface area (Å²) in [5.41, 5.74) is 3.95. The Labute approximate surface area is 135 Å². The van der Waals surface area contributed by atoms with Crippen LogP contribution in [-0.2, 0) is 17.6 Å². The molecule has 0 saturated carbocycles. The van der Waals surface area contributed by atoms with E-state index in [4.69, 9.17) is 9.72 Å². The van der Waals surface area contributed by atoms with Crippen LogP contribution in [0, 0.1) is 0 Å². The predicted molar refractivity (Wildman–Crippen MR) is 93.5 cm³/mol. The molecular weight excluding hydrogens is 272 g/mol. The van der Waals surface area contributed by atoms with Crippen molar-refractivity contribution in [3.8, 4) is 0 Å². The molecule has 3 nitrogen and oxygen atoms in total. The third-order valence-electron chi connectivity index (χ3n) is 4.19. The first-order chi connectivity index (χ1) is 10.8. The van der Waals surface area contributed by atoms with E-state index in [0.29, 0.717) is 0 Å². The van der Waals surface area contributed by atoms with E-state index in [1.807, 2.05) is 6.92 Å². The lowest BCUT2D eigenvalue weighted by Gasteiger charge is -2.17. The van der Waals surface area contributed by atoms with E-state index in [1.54, 1.807) is 0 Å². The zero-order valence-electron chi connectivity index (χ0n) is 14.0. The number of fused-ring (bicyclic) bond motifs is 1. The third kappa shape index (κ3) is 5.80. The van der Waals surface area contributed by atoms with Crippen LogP contribution in [0.4, 0.5) is 5.82 Å². The Morgan fingerprint density at radius 1 is 1.27 bits per heavy atom. The highest BCUT2D eigenvalue weighted by Crippen LogP contribution is 2.20. The van der Waals surface area contributed by atoms with Gasteiger partial charge in [-0.05, 0) is 69.9 Å². The number of ether oxygens (including phenoxy) is 1. The van der Waals surface area contributed by atoms with Crippen molar-refractivity contribution in [1.82, 2.24) is 4.98 Å². The van der Waals surface area contributed by atoms with Gasteiger partial charge in [-0.15, -0.1) is 0 Å². The minimum Gasteiger partial charge on any atom is -0.382 e. The number of nitrogens with one attached hydrogen (secondary N) is 1. The first-order valence-corrected chi connectivity index (χ1v) is 8.76. The summed E-state index contributed by atoms with van der Waals surface area (Å²) in [5, 5.41) is 3.41. The van der Waals surface area contributed by atoms with Crippen molar-refractivity contribution in [2.75, 3.05) is 25.1 Å². The molecular formula is C19H30N2O. The van der Waals surface area contributed by atoms with Gasteiger partial charge in [-0.3, -0.25) is 0 Å². The molecule has 0 unspecified atom stereocenters. The van der Waals surface area contributed by atoms with Crippen molar-refractivity contribution in [3.63, 3.8) is 0 Å². The van der Waals surface area contributed by atoms with Gasteiger partial charge in [0.15, 0.2) is 0 Å². The van der Waals surface area contributed by atoms with Crippen LogP contribution in [0.1, 0.15) is 56.7 Å². The molecule has 0 fully saturated rings. The number of aromatic nitrogens is 1. The number of allylic oxidation sites excluding steroid dienone is 1. The number of hydrogen-bond donors (Lipinski definition) is 1. The molecule has 0 spiro atoms. The second-order valence-electron chi connectivity index (χ2n) is 6.10. The summed E-state index contributed by atoms with van der Waals surface area (Å²) in [6.07, 6.45) is 9.19. The van der Waals surface area contributed by atoms with Crippen molar-refractivity contribution < 1.29 is 4.74 Å². The van der Waals surface area contributed by atoms with Gasteiger partial charge in [0.25, 0.3) is 0 Å². The fourth-order valence-electron chi connectivity index (χ4n) is 2.88. The summed E-state index contributed by atoms with van der Waals surface area (Å²) < 4.78 is 5.36. The first-order valence-electron chi connectivity index (χ1n) is 8.76. The van der Waals surface area contributed by atoms with Crippen LogP contribution in [0.5, 0.6) is 0 Å². The Morgan fingerprint density at radius 2 is 2.14 bits per heavy atom. The second kappa shape index (κ2) is 9.62. The van der Waals surface area contributed by atoms with Crippen LogP contribution in [0.3, 0.4) is 0 Å². The summed E-state index contributed by atoms with van der Waals surface area (Å²) in [5.74, 6) is 1.11. The molecule has 3 heteroatoms. The van der Waals surface area contributed by atoms with Crippen LogP contribution in [0.15, 0.2) is 24.3 Å². The lowest BCUT2D eigenvalue weighted by Crippen LogP contribution is -2.13. The molecule has 122 valence electrons. The standard InChI is InChI=1S/C19H30N2O/c1-3-22-15-7-9-16(2)8-4-5-11-18-13-12-17-10-6-14-20-19(17)21-18/h12-13H,2-11,14-15H2,1H3,(H,20,21). The summed E-state index contributed by atoms with van der Waals surface area (Å²) in [7, 11) is 0. The number of nitrogens with zero attached hydrogens (tertiary/aromatic N) is 1. The average Bonchev–Trinajstić information content (AvgIpc) is 2.55. The molecule has 2 heterocycles. The Kier molecular flexibility index (Phi) is 7.44. The highest BCUT2D eigenvalue weighted by atomic mass is 16.5. The van der Waals surface area contributed by atoms with Gasteiger partial charge in [-0.25, -0.2) is 4.98 Å². The van der Waals surface area contributed by atoms with E-state index in [-0.39, 0.29) is 0 Å². The lowest BCUT2D eigenvalue weighted by molar-refractivity contribution is 0.145. The molecule has 1 aliphatic heterocycles. The Bertz CT molecular complexity index is 471. The van der Waals surface area contributed by atoms with E-state index < -0.39 is 0 Å². The topological polar surface area (TPSA) is 34.2 Å². The molecule has 0 saturated heterocycles. The normalized spacial score (nSPS) is 13.5. The maximum absolute atomic E-state index is 5.36. The fraction of sp³-hybridized carbons (Fsp3) is 0.632. The molecule has 0 atom stereocenters. The molecule has 1 aromatic rings.